The van der Waals surface area contributed by atoms with Crippen molar-refractivity contribution in [1.82, 2.24) is 4.90 Å². The molecule has 3 rings (SSSR count). The number of ketones is 1. The van der Waals surface area contributed by atoms with Crippen molar-refractivity contribution in [2.45, 2.75) is 19.8 Å². The van der Waals surface area contributed by atoms with Crippen LogP contribution in [0.15, 0.2) is 18.2 Å². The molecule has 5 nitrogen and oxygen atoms in total. The Morgan fingerprint density at radius 3 is 2.95 bits per heavy atom. The summed E-state index contributed by atoms with van der Waals surface area (Å²) in [6, 6.07) is 5.61. The smallest absolute Gasteiger partial charge is 0.224 e. The van der Waals surface area contributed by atoms with Crippen LogP contribution in [-0.2, 0) is 11.2 Å². The molecule has 0 aliphatic carbocycles. The second-order valence-corrected chi connectivity index (χ2v) is 6.23. The number of nitrogens with zero attached hydrogens (tertiary/aromatic N) is 1. The maximum Gasteiger partial charge on any atom is 0.224 e. The van der Waals surface area contributed by atoms with Crippen LogP contribution in [0.4, 0.5) is 0 Å². The van der Waals surface area contributed by atoms with Crippen molar-refractivity contribution in [2.24, 2.45) is 11.1 Å². The molecule has 1 aromatic carbocycles. The van der Waals surface area contributed by atoms with Crippen LogP contribution in [0.2, 0.25) is 0 Å². The summed E-state index contributed by atoms with van der Waals surface area (Å²) in [5, 5.41) is 0. The molecule has 1 aromatic rings. The van der Waals surface area contributed by atoms with E-state index < -0.39 is 5.41 Å². The van der Waals surface area contributed by atoms with Crippen molar-refractivity contribution < 1.29 is 14.3 Å². The fourth-order valence-electron chi connectivity index (χ4n) is 3.05. The van der Waals surface area contributed by atoms with Crippen LogP contribution in [0, 0.1) is 5.41 Å². The number of hydrogen-bond acceptors (Lipinski definition) is 4. The van der Waals surface area contributed by atoms with Gasteiger partial charge in [-0.15, -0.1) is 0 Å². The normalized spacial score (nSPS) is 24.6. The number of benzene rings is 1. The molecule has 5 heteroatoms. The van der Waals surface area contributed by atoms with Gasteiger partial charge in [0.1, 0.15) is 5.75 Å². The molecule has 1 saturated heterocycles. The molecule has 21 heavy (non-hydrogen) atoms. The Balaban J connectivity index is 1.66. The third-order valence-electron chi connectivity index (χ3n) is 4.53. The van der Waals surface area contributed by atoms with E-state index in [2.05, 4.69) is 0 Å². The number of carbonyl (C=O) groups is 2. The van der Waals surface area contributed by atoms with E-state index in [1.807, 2.05) is 30.0 Å². The second kappa shape index (κ2) is 5.15. The first-order valence-electron chi connectivity index (χ1n) is 7.29. The molecule has 0 saturated carbocycles. The maximum absolute atomic E-state index is 12.4. The summed E-state index contributed by atoms with van der Waals surface area (Å²) in [5.41, 5.74) is 6.74. The predicted octanol–water partition coefficient (Wildman–Crippen LogP) is 1.00. The van der Waals surface area contributed by atoms with Gasteiger partial charge >= 0.3 is 0 Å². The first kappa shape index (κ1) is 14.1. The molecule has 0 spiro atoms. The summed E-state index contributed by atoms with van der Waals surface area (Å²) >= 11 is 0. The molecule has 0 bridgehead atoms. The highest BCUT2D eigenvalue weighted by Crippen LogP contribution is 2.30. The fourth-order valence-corrected chi connectivity index (χ4v) is 3.05. The van der Waals surface area contributed by atoms with E-state index in [4.69, 9.17) is 10.5 Å². The molecule has 1 unspecified atom stereocenters. The summed E-state index contributed by atoms with van der Waals surface area (Å²) in [6.45, 7) is 4.19. The summed E-state index contributed by atoms with van der Waals surface area (Å²) < 4.78 is 5.45. The lowest BCUT2D eigenvalue weighted by Gasteiger charge is -2.20. The zero-order chi connectivity index (χ0) is 15.0. The average molecular weight is 288 g/mol. The zero-order valence-electron chi connectivity index (χ0n) is 12.2. The number of primary amides is 1. The predicted molar refractivity (Wildman–Crippen MR) is 78.3 cm³/mol. The van der Waals surface area contributed by atoms with Gasteiger partial charge in [0.15, 0.2) is 5.78 Å². The summed E-state index contributed by atoms with van der Waals surface area (Å²) in [4.78, 5) is 25.8. The van der Waals surface area contributed by atoms with Gasteiger partial charge in [-0.05, 0) is 43.7 Å². The molecular weight excluding hydrogens is 268 g/mol. The Kier molecular flexibility index (Phi) is 3.45. The van der Waals surface area contributed by atoms with Crippen molar-refractivity contribution in [2.75, 3.05) is 26.2 Å². The van der Waals surface area contributed by atoms with E-state index >= 15 is 0 Å². The van der Waals surface area contributed by atoms with Crippen LogP contribution < -0.4 is 10.5 Å². The van der Waals surface area contributed by atoms with Crippen LogP contribution >= 0.6 is 0 Å². The van der Waals surface area contributed by atoms with Gasteiger partial charge in [-0.2, -0.15) is 0 Å². The minimum absolute atomic E-state index is 0.0819. The lowest BCUT2D eigenvalue weighted by molar-refractivity contribution is -0.126. The Morgan fingerprint density at radius 1 is 1.43 bits per heavy atom. The third kappa shape index (κ3) is 2.65. The van der Waals surface area contributed by atoms with E-state index in [1.54, 1.807) is 0 Å². The third-order valence-corrected chi connectivity index (χ3v) is 4.53. The topological polar surface area (TPSA) is 72.6 Å². The highest BCUT2D eigenvalue weighted by Gasteiger charge is 2.39. The van der Waals surface area contributed by atoms with E-state index in [1.165, 1.54) is 0 Å². The van der Waals surface area contributed by atoms with E-state index in [0.29, 0.717) is 31.7 Å². The highest BCUT2D eigenvalue weighted by atomic mass is 16.5. The maximum atomic E-state index is 12.4. The summed E-state index contributed by atoms with van der Waals surface area (Å²) in [6.07, 6.45) is 1.58. The number of likely N-dealkylation sites (tertiary alicyclic amines) is 1. The van der Waals surface area contributed by atoms with Crippen LogP contribution in [0.25, 0.3) is 0 Å². The largest absolute Gasteiger partial charge is 0.493 e. The molecule has 0 radical (unpaired) electrons. The van der Waals surface area contributed by atoms with Crippen molar-refractivity contribution in [3.05, 3.63) is 29.3 Å². The van der Waals surface area contributed by atoms with Gasteiger partial charge in [-0.25, -0.2) is 0 Å². The fraction of sp³-hybridized carbons (Fsp3) is 0.500. The molecule has 2 heterocycles. The lowest BCUT2D eigenvalue weighted by Crippen LogP contribution is -2.38. The van der Waals surface area contributed by atoms with E-state index in [-0.39, 0.29) is 11.7 Å². The molecule has 1 amide bonds. The highest BCUT2D eigenvalue weighted by molar-refractivity contribution is 5.98. The zero-order valence-corrected chi connectivity index (χ0v) is 12.2. The Morgan fingerprint density at radius 2 is 2.24 bits per heavy atom. The lowest BCUT2D eigenvalue weighted by atomic mass is 9.89. The first-order valence-corrected chi connectivity index (χ1v) is 7.29. The number of ether oxygens (including phenoxy) is 1. The summed E-state index contributed by atoms with van der Waals surface area (Å²) in [7, 11) is 0. The Bertz CT molecular complexity index is 599. The summed E-state index contributed by atoms with van der Waals surface area (Å²) in [5.74, 6) is 0.680. The van der Waals surface area contributed by atoms with E-state index in [9.17, 15) is 9.59 Å². The van der Waals surface area contributed by atoms with Gasteiger partial charge in [0, 0.05) is 18.5 Å². The minimum atomic E-state index is -0.508. The first-order chi connectivity index (χ1) is 9.98. The monoisotopic (exact) mass is 288 g/mol. The van der Waals surface area contributed by atoms with Crippen molar-refractivity contribution in [1.29, 1.82) is 0 Å². The SMILES string of the molecule is CC1(C(N)=O)CCN(CC(=O)c2ccc3c(c2)CCO3)C1. The minimum Gasteiger partial charge on any atom is -0.493 e. The van der Waals surface area contributed by atoms with Crippen LogP contribution in [0.5, 0.6) is 5.75 Å². The second-order valence-electron chi connectivity index (χ2n) is 6.23. The Labute approximate surface area is 124 Å². The van der Waals surface area contributed by atoms with Crippen molar-refractivity contribution in [3.63, 3.8) is 0 Å². The number of Topliss-reactive ketones (excluding diaryl/α,β-unsaturated/α-hetero) is 1. The number of carbonyl (C=O) groups excluding carboxylic acids is 2. The molecule has 0 aromatic heterocycles. The number of amides is 1. The van der Waals surface area contributed by atoms with Crippen LogP contribution in [0.1, 0.15) is 29.3 Å². The number of hydrogen-bond donors (Lipinski definition) is 1. The van der Waals surface area contributed by atoms with Crippen molar-refractivity contribution in [3.8, 4) is 5.75 Å². The molecule has 2 N–H and O–H groups in total. The van der Waals surface area contributed by atoms with Gasteiger partial charge in [-0.3, -0.25) is 14.5 Å². The van der Waals surface area contributed by atoms with Crippen molar-refractivity contribution >= 4 is 11.7 Å². The van der Waals surface area contributed by atoms with E-state index in [0.717, 1.165) is 24.3 Å². The van der Waals surface area contributed by atoms with Gasteiger partial charge in [0.05, 0.1) is 18.6 Å². The van der Waals surface area contributed by atoms with Crippen LogP contribution in [0.3, 0.4) is 0 Å². The average Bonchev–Trinajstić information content (AvgIpc) is 3.05. The molecule has 112 valence electrons. The Hall–Kier alpha value is -1.88. The molecule has 2 aliphatic heterocycles. The number of rotatable bonds is 4. The molecule has 1 atom stereocenters. The van der Waals surface area contributed by atoms with Gasteiger partial charge in [0.2, 0.25) is 5.91 Å². The molecule has 2 aliphatic rings. The van der Waals surface area contributed by atoms with Gasteiger partial charge in [-0.1, -0.05) is 0 Å². The van der Waals surface area contributed by atoms with Crippen LogP contribution in [-0.4, -0.2) is 42.8 Å². The molecule has 1 fully saturated rings. The number of nitrogens with two attached hydrogens (primary N) is 1. The molecular formula is C16H20N2O3. The standard InChI is InChI=1S/C16H20N2O3/c1-16(15(17)20)5-6-18(10-16)9-13(19)11-2-3-14-12(8-11)4-7-21-14/h2-3,8H,4-7,9-10H2,1H3,(H2,17,20). The number of fused-ring (bicyclic) bond motifs is 1. The van der Waals surface area contributed by atoms with Gasteiger partial charge < -0.3 is 10.5 Å². The van der Waals surface area contributed by atoms with Gasteiger partial charge in [0.25, 0.3) is 0 Å². The quantitative estimate of drug-likeness (QED) is 0.839.